The molecule has 1 unspecified atom stereocenters. The molecule has 1 heterocycles. The highest BCUT2D eigenvalue weighted by atomic mass is 32.1. The number of anilines is 1. The highest BCUT2D eigenvalue weighted by molar-refractivity contribution is 7.10. The number of benzene rings is 1. The fourth-order valence-electron chi connectivity index (χ4n) is 1.97. The minimum Gasteiger partial charge on any atom is -0.396 e. The molecule has 2 nitrogen and oxygen atoms in total. The number of thiophene rings is 1. The zero-order chi connectivity index (χ0) is 12.1. The van der Waals surface area contributed by atoms with Crippen molar-refractivity contribution in [1.82, 2.24) is 0 Å². The van der Waals surface area contributed by atoms with Crippen LogP contribution in [0.15, 0.2) is 47.8 Å². The second-order valence-electron chi connectivity index (χ2n) is 3.99. The first-order valence-electron chi connectivity index (χ1n) is 5.75. The van der Waals surface area contributed by atoms with E-state index in [0.29, 0.717) is 0 Å². The molecule has 2 rings (SSSR count). The van der Waals surface area contributed by atoms with Gasteiger partial charge in [0.25, 0.3) is 0 Å². The summed E-state index contributed by atoms with van der Waals surface area (Å²) in [5.74, 6) is 0. The van der Waals surface area contributed by atoms with Crippen LogP contribution in [0.2, 0.25) is 0 Å². The van der Waals surface area contributed by atoms with Gasteiger partial charge in [-0.2, -0.15) is 0 Å². The predicted octanol–water partition coefficient (Wildman–Crippen LogP) is 3.31. The van der Waals surface area contributed by atoms with Crippen molar-refractivity contribution in [3.8, 4) is 0 Å². The van der Waals surface area contributed by atoms with Crippen LogP contribution in [-0.2, 0) is 0 Å². The molecule has 0 amide bonds. The minimum atomic E-state index is 0.208. The summed E-state index contributed by atoms with van der Waals surface area (Å²) in [4.78, 5) is 3.52. The minimum absolute atomic E-state index is 0.208. The van der Waals surface area contributed by atoms with E-state index in [0.717, 1.165) is 6.42 Å². The first-order valence-corrected chi connectivity index (χ1v) is 6.63. The molecule has 0 aliphatic rings. The average molecular weight is 247 g/mol. The zero-order valence-electron chi connectivity index (χ0n) is 9.91. The smallest absolute Gasteiger partial charge is 0.0653 e. The van der Waals surface area contributed by atoms with Crippen LogP contribution in [0.4, 0.5) is 5.69 Å². The van der Waals surface area contributed by atoms with E-state index >= 15 is 0 Å². The SMILES string of the molecule is CN(c1ccccc1)C(CCO)c1cccs1. The summed E-state index contributed by atoms with van der Waals surface area (Å²) in [7, 11) is 2.08. The Bertz CT molecular complexity index is 427. The zero-order valence-corrected chi connectivity index (χ0v) is 10.7. The molecule has 0 aliphatic heterocycles. The van der Waals surface area contributed by atoms with Crippen LogP contribution in [0, 0.1) is 0 Å². The Labute approximate surface area is 106 Å². The summed E-state index contributed by atoms with van der Waals surface area (Å²) in [6.45, 7) is 0.208. The van der Waals surface area contributed by atoms with Crippen LogP contribution < -0.4 is 4.90 Å². The lowest BCUT2D eigenvalue weighted by atomic mass is 10.1. The maximum atomic E-state index is 9.21. The third-order valence-corrected chi connectivity index (χ3v) is 3.88. The number of aliphatic hydroxyl groups is 1. The number of para-hydroxylation sites is 1. The van der Waals surface area contributed by atoms with Crippen LogP contribution in [0.1, 0.15) is 17.3 Å². The van der Waals surface area contributed by atoms with Gasteiger partial charge in [-0.15, -0.1) is 11.3 Å². The van der Waals surface area contributed by atoms with Crippen LogP contribution in [0.5, 0.6) is 0 Å². The second-order valence-corrected chi connectivity index (χ2v) is 4.97. The maximum absolute atomic E-state index is 9.21. The van der Waals surface area contributed by atoms with Crippen molar-refractivity contribution < 1.29 is 5.11 Å². The molecule has 2 aromatic rings. The Morgan fingerprint density at radius 2 is 1.94 bits per heavy atom. The summed E-state index contributed by atoms with van der Waals surface area (Å²) >= 11 is 1.74. The summed E-state index contributed by atoms with van der Waals surface area (Å²) in [6, 6.07) is 14.7. The van der Waals surface area contributed by atoms with Crippen LogP contribution in [-0.4, -0.2) is 18.8 Å². The molecule has 0 fully saturated rings. The lowest BCUT2D eigenvalue weighted by molar-refractivity contribution is 0.275. The van der Waals surface area contributed by atoms with Gasteiger partial charge < -0.3 is 10.0 Å². The maximum Gasteiger partial charge on any atom is 0.0653 e. The molecule has 17 heavy (non-hydrogen) atoms. The van der Waals surface area contributed by atoms with Crippen molar-refractivity contribution >= 4 is 17.0 Å². The van der Waals surface area contributed by atoms with Gasteiger partial charge in [0.1, 0.15) is 0 Å². The summed E-state index contributed by atoms with van der Waals surface area (Å²) in [6.07, 6.45) is 0.756. The van der Waals surface area contributed by atoms with Crippen molar-refractivity contribution in [3.05, 3.63) is 52.7 Å². The number of aliphatic hydroxyl groups excluding tert-OH is 1. The monoisotopic (exact) mass is 247 g/mol. The van der Waals surface area contributed by atoms with E-state index < -0.39 is 0 Å². The molecule has 0 saturated carbocycles. The topological polar surface area (TPSA) is 23.5 Å². The van der Waals surface area contributed by atoms with Crippen molar-refractivity contribution in [2.24, 2.45) is 0 Å². The van der Waals surface area contributed by atoms with Gasteiger partial charge in [-0.25, -0.2) is 0 Å². The lowest BCUT2D eigenvalue weighted by Crippen LogP contribution is -2.24. The first kappa shape index (κ1) is 12.1. The molecular formula is C14H17NOS. The third kappa shape index (κ3) is 2.87. The lowest BCUT2D eigenvalue weighted by Gasteiger charge is -2.29. The molecule has 1 atom stereocenters. The standard InChI is InChI=1S/C14H17NOS/c1-15(12-6-3-2-4-7-12)13(9-10-16)14-8-5-11-17-14/h2-8,11,13,16H,9-10H2,1H3. The fourth-order valence-corrected chi connectivity index (χ4v) is 2.88. The highest BCUT2D eigenvalue weighted by Crippen LogP contribution is 2.30. The number of nitrogens with zero attached hydrogens (tertiary/aromatic N) is 1. The fraction of sp³-hybridized carbons (Fsp3) is 0.286. The highest BCUT2D eigenvalue weighted by Gasteiger charge is 2.17. The Hall–Kier alpha value is -1.32. The van der Waals surface area contributed by atoms with Gasteiger partial charge in [0, 0.05) is 24.2 Å². The largest absolute Gasteiger partial charge is 0.396 e. The molecule has 0 bridgehead atoms. The van der Waals surface area contributed by atoms with Gasteiger partial charge >= 0.3 is 0 Å². The van der Waals surface area contributed by atoms with Crippen molar-refractivity contribution in [2.45, 2.75) is 12.5 Å². The van der Waals surface area contributed by atoms with Crippen LogP contribution >= 0.6 is 11.3 Å². The van der Waals surface area contributed by atoms with E-state index in [1.54, 1.807) is 11.3 Å². The normalized spacial score (nSPS) is 12.4. The molecule has 1 aromatic carbocycles. The van der Waals surface area contributed by atoms with E-state index in [-0.39, 0.29) is 12.6 Å². The number of hydrogen-bond donors (Lipinski definition) is 1. The molecule has 3 heteroatoms. The molecule has 1 N–H and O–H groups in total. The Morgan fingerprint density at radius 1 is 1.18 bits per heavy atom. The van der Waals surface area contributed by atoms with E-state index in [1.807, 2.05) is 18.2 Å². The van der Waals surface area contributed by atoms with Gasteiger partial charge in [0.2, 0.25) is 0 Å². The molecular weight excluding hydrogens is 230 g/mol. The summed E-state index contributed by atoms with van der Waals surface area (Å²) < 4.78 is 0. The van der Waals surface area contributed by atoms with Gasteiger partial charge in [0.15, 0.2) is 0 Å². The predicted molar refractivity (Wildman–Crippen MR) is 73.6 cm³/mol. The molecule has 1 aromatic heterocycles. The van der Waals surface area contributed by atoms with E-state index in [2.05, 4.69) is 41.6 Å². The second kappa shape index (κ2) is 5.84. The Morgan fingerprint density at radius 3 is 2.53 bits per heavy atom. The van der Waals surface area contributed by atoms with Crippen molar-refractivity contribution in [3.63, 3.8) is 0 Å². The van der Waals surface area contributed by atoms with Gasteiger partial charge in [-0.05, 0) is 30.0 Å². The number of rotatable bonds is 5. The Balaban J connectivity index is 2.22. The first-order chi connectivity index (χ1) is 8.33. The average Bonchev–Trinajstić information content (AvgIpc) is 2.90. The molecule has 0 radical (unpaired) electrons. The molecule has 0 aliphatic carbocycles. The Kier molecular flexibility index (Phi) is 4.18. The van der Waals surface area contributed by atoms with E-state index in [9.17, 15) is 5.11 Å². The summed E-state index contributed by atoms with van der Waals surface area (Å²) in [5.41, 5.74) is 1.18. The van der Waals surface area contributed by atoms with Crippen molar-refractivity contribution in [1.29, 1.82) is 0 Å². The van der Waals surface area contributed by atoms with E-state index in [4.69, 9.17) is 0 Å². The molecule has 0 spiro atoms. The van der Waals surface area contributed by atoms with Gasteiger partial charge in [0.05, 0.1) is 6.04 Å². The number of hydrogen-bond acceptors (Lipinski definition) is 3. The molecule has 0 saturated heterocycles. The third-order valence-electron chi connectivity index (χ3n) is 2.91. The summed E-state index contributed by atoms with van der Waals surface area (Å²) in [5, 5.41) is 11.3. The quantitative estimate of drug-likeness (QED) is 0.876. The van der Waals surface area contributed by atoms with Gasteiger partial charge in [-0.1, -0.05) is 24.3 Å². The van der Waals surface area contributed by atoms with E-state index in [1.165, 1.54) is 10.6 Å². The molecule has 90 valence electrons. The van der Waals surface area contributed by atoms with Crippen LogP contribution in [0.25, 0.3) is 0 Å². The van der Waals surface area contributed by atoms with Gasteiger partial charge in [-0.3, -0.25) is 0 Å². The van der Waals surface area contributed by atoms with Crippen LogP contribution in [0.3, 0.4) is 0 Å². The van der Waals surface area contributed by atoms with Crippen molar-refractivity contribution in [2.75, 3.05) is 18.6 Å².